The molecule has 2 aromatic rings. The topological polar surface area (TPSA) is 34.2 Å². The van der Waals surface area contributed by atoms with Crippen LogP contribution in [0.2, 0.25) is 0 Å². The molecule has 1 aromatic carbocycles. The summed E-state index contributed by atoms with van der Waals surface area (Å²) in [6, 6.07) is 6.07. The third-order valence-electron chi connectivity index (χ3n) is 2.59. The third-order valence-corrected chi connectivity index (χ3v) is 4.11. The van der Waals surface area contributed by atoms with Crippen LogP contribution in [-0.4, -0.2) is 11.5 Å². The molecule has 1 aromatic heterocycles. The molecular weight excluding hydrogens is 324 g/mol. The quantitative estimate of drug-likeness (QED) is 0.865. The first-order chi connectivity index (χ1) is 9.19. The summed E-state index contributed by atoms with van der Waals surface area (Å²) in [6.45, 7) is 6.44. The van der Waals surface area contributed by atoms with E-state index in [1.807, 2.05) is 18.2 Å². The number of hydrogen-bond acceptors (Lipinski definition) is 4. The Morgan fingerprint density at radius 1 is 1.42 bits per heavy atom. The van der Waals surface area contributed by atoms with E-state index in [1.54, 1.807) is 11.3 Å². The minimum absolute atomic E-state index is 0.504. The molecular formula is C14H17BrN2OS. The molecule has 0 amide bonds. The highest BCUT2D eigenvalue weighted by atomic mass is 79.9. The molecule has 1 heterocycles. The minimum Gasteiger partial charge on any atom is -0.486 e. The number of thiazole rings is 1. The van der Waals surface area contributed by atoms with E-state index < -0.39 is 0 Å². The zero-order valence-corrected chi connectivity index (χ0v) is 13.5. The number of ether oxygens (including phenoxy) is 1. The predicted octanol–water partition coefficient (Wildman–Crippen LogP) is 3.90. The lowest BCUT2D eigenvalue weighted by Gasteiger charge is -2.07. The van der Waals surface area contributed by atoms with Gasteiger partial charge in [-0.3, -0.25) is 0 Å². The van der Waals surface area contributed by atoms with Crippen LogP contribution in [0.3, 0.4) is 0 Å². The molecule has 3 nitrogen and oxygen atoms in total. The molecule has 0 aliphatic heterocycles. The molecule has 2 rings (SSSR count). The van der Waals surface area contributed by atoms with Gasteiger partial charge in [0.15, 0.2) is 0 Å². The first-order valence-electron chi connectivity index (χ1n) is 6.22. The summed E-state index contributed by atoms with van der Waals surface area (Å²) in [5.74, 6) is 0.854. The maximum Gasteiger partial charge on any atom is 0.134 e. The van der Waals surface area contributed by atoms with Gasteiger partial charge < -0.3 is 10.1 Å². The largest absolute Gasteiger partial charge is 0.486 e. The van der Waals surface area contributed by atoms with Crippen LogP contribution < -0.4 is 10.1 Å². The normalized spacial score (nSPS) is 10.7. The average molecular weight is 341 g/mol. The van der Waals surface area contributed by atoms with Gasteiger partial charge in [0.2, 0.25) is 0 Å². The maximum absolute atomic E-state index is 5.77. The Morgan fingerprint density at radius 2 is 2.26 bits per heavy atom. The van der Waals surface area contributed by atoms with Crippen LogP contribution in [0.4, 0.5) is 0 Å². The molecule has 0 saturated carbocycles. The number of hydrogen-bond donors (Lipinski definition) is 1. The van der Waals surface area contributed by atoms with Gasteiger partial charge in [0.05, 0.1) is 10.2 Å². The molecule has 0 unspecified atom stereocenters. The van der Waals surface area contributed by atoms with E-state index in [1.165, 1.54) is 5.56 Å². The van der Waals surface area contributed by atoms with Gasteiger partial charge in [0.1, 0.15) is 17.4 Å². The fraction of sp³-hybridized carbons (Fsp3) is 0.357. The van der Waals surface area contributed by atoms with Crippen molar-refractivity contribution >= 4 is 27.3 Å². The first kappa shape index (κ1) is 14.5. The van der Waals surface area contributed by atoms with Gasteiger partial charge in [-0.25, -0.2) is 4.98 Å². The minimum atomic E-state index is 0.504. The lowest BCUT2D eigenvalue weighted by Crippen LogP contribution is -2.11. The third kappa shape index (κ3) is 4.30. The zero-order chi connectivity index (χ0) is 13.7. The number of benzene rings is 1. The van der Waals surface area contributed by atoms with Crippen molar-refractivity contribution in [1.82, 2.24) is 10.3 Å². The van der Waals surface area contributed by atoms with Crippen LogP contribution in [0.25, 0.3) is 0 Å². The van der Waals surface area contributed by atoms with E-state index in [9.17, 15) is 0 Å². The molecule has 0 saturated heterocycles. The fourth-order valence-corrected chi connectivity index (χ4v) is 2.96. The van der Waals surface area contributed by atoms with Crippen LogP contribution in [0.1, 0.15) is 23.2 Å². The molecule has 0 atom stereocenters. The standard InChI is InChI=1S/C14H17BrN2OS/c1-3-16-7-14-17-11(9-19-14)8-18-13-5-4-10(2)6-12(13)15/h4-6,9,16H,3,7-8H2,1-2H3. The molecule has 0 fully saturated rings. The van der Waals surface area contributed by atoms with Crippen LogP contribution in [0.5, 0.6) is 5.75 Å². The van der Waals surface area contributed by atoms with E-state index >= 15 is 0 Å². The van der Waals surface area contributed by atoms with Crippen molar-refractivity contribution in [2.75, 3.05) is 6.54 Å². The van der Waals surface area contributed by atoms with E-state index in [0.29, 0.717) is 6.61 Å². The summed E-state index contributed by atoms with van der Waals surface area (Å²) in [6.07, 6.45) is 0. The monoisotopic (exact) mass is 340 g/mol. The van der Waals surface area contributed by atoms with E-state index in [-0.39, 0.29) is 0 Å². The SMILES string of the molecule is CCNCc1nc(COc2ccc(C)cc2Br)cs1. The Labute approximate surface area is 126 Å². The van der Waals surface area contributed by atoms with Crippen LogP contribution in [0.15, 0.2) is 28.1 Å². The molecule has 5 heteroatoms. The summed E-state index contributed by atoms with van der Waals surface area (Å²) in [5.41, 5.74) is 2.19. The highest BCUT2D eigenvalue weighted by Gasteiger charge is 2.05. The van der Waals surface area contributed by atoms with E-state index in [2.05, 4.69) is 45.5 Å². The molecule has 0 aliphatic carbocycles. The van der Waals surface area contributed by atoms with Crippen molar-refractivity contribution in [2.24, 2.45) is 0 Å². The van der Waals surface area contributed by atoms with Gasteiger partial charge in [0.25, 0.3) is 0 Å². The fourth-order valence-electron chi connectivity index (χ4n) is 1.60. The zero-order valence-electron chi connectivity index (χ0n) is 11.1. The van der Waals surface area contributed by atoms with Gasteiger partial charge in [-0.1, -0.05) is 13.0 Å². The average Bonchev–Trinajstić information content (AvgIpc) is 2.83. The number of aromatic nitrogens is 1. The van der Waals surface area contributed by atoms with Crippen molar-refractivity contribution in [1.29, 1.82) is 0 Å². The summed E-state index contributed by atoms with van der Waals surface area (Å²) < 4.78 is 6.75. The summed E-state index contributed by atoms with van der Waals surface area (Å²) >= 11 is 5.17. The van der Waals surface area contributed by atoms with E-state index in [0.717, 1.165) is 34.0 Å². The van der Waals surface area contributed by atoms with Crippen LogP contribution in [0, 0.1) is 6.92 Å². The molecule has 0 radical (unpaired) electrons. The summed E-state index contributed by atoms with van der Waals surface area (Å²) in [7, 11) is 0. The molecule has 0 spiro atoms. The highest BCUT2D eigenvalue weighted by Crippen LogP contribution is 2.26. The number of halogens is 1. The van der Waals surface area contributed by atoms with Gasteiger partial charge in [-0.15, -0.1) is 11.3 Å². The van der Waals surface area contributed by atoms with Crippen LogP contribution >= 0.6 is 27.3 Å². The Morgan fingerprint density at radius 3 is 3.00 bits per heavy atom. The number of nitrogens with zero attached hydrogens (tertiary/aromatic N) is 1. The van der Waals surface area contributed by atoms with Crippen molar-refractivity contribution < 1.29 is 4.74 Å². The number of aryl methyl sites for hydroxylation is 1. The van der Waals surface area contributed by atoms with Gasteiger partial charge >= 0.3 is 0 Å². The van der Waals surface area contributed by atoms with Crippen LogP contribution in [-0.2, 0) is 13.2 Å². The Balaban J connectivity index is 1.92. The summed E-state index contributed by atoms with van der Waals surface area (Å²) in [5, 5.41) is 6.42. The smallest absolute Gasteiger partial charge is 0.134 e. The van der Waals surface area contributed by atoms with Crippen molar-refractivity contribution in [2.45, 2.75) is 27.0 Å². The van der Waals surface area contributed by atoms with Crippen molar-refractivity contribution in [3.05, 3.63) is 44.3 Å². The highest BCUT2D eigenvalue weighted by molar-refractivity contribution is 9.10. The first-order valence-corrected chi connectivity index (χ1v) is 7.89. The lowest BCUT2D eigenvalue weighted by atomic mass is 10.2. The van der Waals surface area contributed by atoms with Gasteiger partial charge in [-0.2, -0.15) is 0 Å². The Kier molecular flexibility index (Phi) is 5.36. The number of nitrogens with one attached hydrogen (secondary N) is 1. The molecule has 19 heavy (non-hydrogen) atoms. The van der Waals surface area contributed by atoms with Gasteiger partial charge in [-0.05, 0) is 47.1 Å². The Hall–Kier alpha value is -0.910. The van der Waals surface area contributed by atoms with Gasteiger partial charge in [0, 0.05) is 11.9 Å². The molecule has 1 N–H and O–H groups in total. The second kappa shape index (κ2) is 7.03. The Bertz CT molecular complexity index is 542. The maximum atomic E-state index is 5.77. The predicted molar refractivity (Wildman–Crippen MR) is 82.7 cm³/mol. The molecule has 0 aliphatic rings. The summed E-state index contributed by atoms with van der Waals surface area (Å²) in [4.78, 5) is 4.53. The van der Waals surface area contributed by atoms with Crippen molar-refractivity contribution in [3.8, 4) is 5.75 Å². The van der Waals surface area contributed by atoms with E-state index in [4.69, 9.17) is 4.74 Å². The lowest BCUT2D eigenvalue weighted by molar-refractivity contribution is 0.300. The second-order valence-electron chi connectivity index (χ2n) is 4.24. The second-order valence-corrected chi connectivity index (χ2v) is 6.03. The molecule has 102 valence electrons. The molecule has 0 bridgehead atoms. The van der Waals surface area contributed by atoms with Crippen molar-refractivity contribution in [3.63, 3.8) is 0 Å². The number of rotatable bonds is 6.